The minimum absolute atomic E-state index is 0.0800. The van der Waals surface area contributed by atoms with Crippen molar-refractivity contribution in [1.29, 1.82) is 0 Å². The van der Waals surface area contributed by atoms with Crippen LogP contribution in [0.25, 0.3) is 16.9 Å². The van der Waals surface area contributed by atoms with Crippen LogP contribution in [-0.4, -0.2) is 52.1 Å². The first-order chi connectivity index (χ1) is 19.2. The second-order valence-electron chi connectivity index (χ2n) is 9.95. The summed E-state index contributed by atoms with van der Waals surface area (Å²) in [7, 11) is 0. The number of hydrogen-bond acceptors (Lipinski definition) is 5. The van der Waals surface area contributed by atoms with Gasteiger partial charge in [-0.1, -0.05) is 32.0 Å². The van der Waals surface area contributed by atoms with E-state index in [0.29, 0.717) is 31.7 Å². The fourth-order valence-corrected chi connectivity index (χ4v) is 5.33. The minimum Gasteiger partial charge on any atom is -0.351 e. The fraction of sp³-hybridized carbons (Fsp3) is 0.367. The van der Waals surface area contributed by atoms with Gasteiger partial charge >= 0.3 is 6.03 Å². The normalized spacial score (nSPS) is 13.7. The van der Waals surface area contributed by atoms with Crippen LogP contribution in [0, 0.1) is 11.6 Å². The molecule has 0 saturated carbocycles. The van der Waals surface area contributed by atoms with E-state index in [4.69, 9.17) is 10.8 Å². The summed E-state index contributed by atoms with van der Waals surface area (Å²) in [4.78, 5) is 13.6. The molecule has 1 aliphatic rings. The van der Waals surface area contributed by atoms with Crippen LogP contribution >= 0.6 is 0 Å². The van der Waals surface area contributed by atoms with Gasteiger partial charge in [-0.05, 0) is 49.5 Å². The zero-order valence-corrected chi connectivity index (χ0v) is 23.6. The van der Waals surface area contributed by atoms with Crippen molar-refractivity contribution < 1.29 is 13.6 Å². The third-order valence-corrected chi connectivity index (χ3v) is 7.21. The molecular weight excluding hydrogens is 512 g/mol. The summed E-state index contributed by atoms with van der Waals surface area (Å²) >= 11 is 0. The number of carbonyl (C=O) groups excluding carboxylic acids is 1. The number of nitrogens with zero attached hydrogens (tertiary/aromatic N) is 5. The zero-order valence-electron chi connectivity index (χ0n) is 23.6. The number of nitrogens with two attached hydrogens (primary N) is 1. The van der Waals surface area contributed by atoms with Crippen molar-refractivity contribution in [3.63, 3.8) is 0 Å². The quantitative estimate of drug-likeness (QED) is 0.253. The Morgan fingerprint density at radius 3 is 2.50 bits per heavy atom. The summed E-state index contributed by atoms with van der Waals surface area (Å²) in [5.74, 6) is -1.45. The van der Waals surface area contributed by atoms with Crippen molar-refractivity contribution in [2.24, 2.45) is 10.8 Å². The van der Waals surface area contributed by atoms with Crippen LogP contribution < -0.4 is 11.1 Å². The number of urea groups is 1. The molecule has 0 bridgehead atoms. The van der Waals surface area contributed by atoms with E-state index >= 15 is 8.78 Å². The molecule has 0 aliphatic carbocycles. The SMILES string of the molecule is C=NN(/C=C(\C)CN1CCc2nn(-c3c(CC)cccc3CC)c(-c3cc(F)c(NC(N)=O)cc3F)c2C1)CC. The number of anilines is 1. The van der Waals surface area contributed by atoms with E-state index in [1.807, 2.05) is 38.2 Å². The van der Waals surface area contributed by atoms with Crippen LogP contribution in [0.4, 0.5) is 19.3 Å². The number of halogens is 2. The number of primary amides is 1. The molecule has 3 N–H and O–H groups in total. The first kappa shape index (κ1) is 28.9. The molecule has 2 heterocycles. The van der Waals surface area contributed by atoms with Crippen LogP contribution in [0.1, 0.15) is 50.1 Å². The highest BCUT2D eigenvalue weighted by atomic mass is 19.1. The second kappa shape index (κ2) is 12.4. The van der Waals surface area contributed by atoms with Crippen molar-refractivity contribution in [3.05, 3.63) is 76.1 Å². The lowest BCUT2D eigenvalue weighted by Crippen LogP contribution is -2.32. The largest absolute Gasteiger partial charge is 0.351 e. The van der Waals surface area contributed by atoms with Gasteiger partial charge < -0.3 is 11.1 Å². The number of fused-ring (bicyclic) bond motifs is 1. The van der Waals surface area contributed by atoms with Crippen LogP contribution in [0.5, 0.6) is 0 Å². The summed E-state index contributed by atoms with van der Waals surface area (Å²) in [6, 6.07) is 7.23. The molecule has 0 saturated heterocycles. The predicted molar refractivity (Wildman–Crippen MR) is 156 cm³/mol. The first-order valence-electron chi connectivity index (χ1n) is 13.6. The maximum Gasteiger partial charge on any atom is 0.316 e. The number of carbonyl (C=O) groups is 1. The maximum absolute atomic E-state index is 15.8. The zero-order chi connectivity index (χ0) is 29.0. The van der Waals surface area contributed by atoms with Crippen LogP contribution in [-0.2, 0) is 25.8 Å². The van der Waals surface area contributed by atoms with Crippen molar-refractivity contribution >= 4 is 18.4 Å². The van der Waals surface area contributed by atoms with Gasteiger partial charge in [-0.15, -0.1) is 0 Å². The van der Waals surface area contributed by atoms with E-state index in [1.165, 1.54) is 0 Å². The number of nitrogens with one attached hydrogen (secondary N) is 1. The van der Waals surface area contributed by atoms with Gasteiger partial charge in [0.05, 0.1) is 22.8 Å². The van der Waals surface area contributed by atoms with E-state index in [1.54, 1.807) is 9.69 Å². The summed E-state index contributed by atoms with van der Waals surface area (Å²) in [6.45, 7) is 14.5. The van der Waals surface area contributed by atoms with Crippen molar-refractivity contribution in [3.8, 4) is 16.9 Å². The van der Waals surface area contributed by atoms with E-state index in [0.717, 1.165) is 65.2 Å². The van der Waals surface area contributed by atoms with Gasteiger partial charge in [-0.3, -0.25) is 9.91 Å². The lowest BCUT2D eigenvalue weighted by molar-refractivity contribution is 0.259. The highest BCUT2D eigenvalue weighted by Gasteiger charge is 2.29. The molecule has 2 amide bonds. The molecule has 4 rings (SSSR count). The molecular formula is C30H37F2N7O. The molecule has 0 fully saturated rings. The Morgan fingerprint density at radius 2 is 1.90 bits per heavy atom. The number of hydrogen-bond donors (Lipinski definition) is 2. The standard InChI is InChI=1S/C30H37F2N7O/c1-6-20-10-9-11-21(7-2)28(20)39-29(22-14-25(32)27(15-24(22)31)35-30(33)40)23-18-37(13-12-26(23)36-39)16-19(4)17-38(8-3)34-5/h9-11,14-15,17H,5-8,12-13,16,18H2,1-4H3,(H3,33,35,40)/b19-17+. The lowest BCUT2D eigenvalue weighted by Gasteiger charge is -2.27. The van der Waals surface area contributed by atoms with E-state index in [9.17, 15) is 4.79 Å². The number of para-hydroxylation sites is 1. The number of amides is 2. The molecule has 2 aromatic carbocycles. The van der Waals surface area contributed by atoms with Crippen LogP contribution in [0.15, 0.2) is 47.2 Å². The Kier molecular flexibility index (Phi) is 8.99. The molecule has 0 radical (unpaired) electrons. The van der Waals surface area contributed by atoms with Gasteiger partial charge in [-0.2, -0.15) is 10.2 Å². The molecule has 3 aromatic rings. The van der Waals surface area contributed by atoms with Gasteiger partial charge in [0.2, 0.25) is 0 Å². The molecule has 0 spiro atoms. The highest BCUT2D eigenvalue weighted by Crippen LogP contribution is 2.38. The second-order valence-corrected chi connectivity index (χ2v) is 9.95. The molecule has 10 heteroatoms. The molecule has 212 valence electrons. The monoisotopic (exact) mass is 549 g/mol. The third kappa shape index (κ3) is 5.91. The van der Waals surface area contributed by atoms with Crippen molar-refractivity contribution in [2.45, 2.75) is 53.5 Å². The topological polar surface area (TPSA) is 91.8 Å². The first-order valence-corrected chi connectivity index (χ1v) is 13.6. The summed E-state index contributed by atoms with van der Waals surface area (Å²) in [5, 5.41) is 13.0. The Labute approximate surface area is 234 Å². The summed E-state index contributed by atoms with van der Waals surface area (Å²) in [5.41, 5.74) is 11.3. The minimum atomic E-state index is -0.967. The van der Waals surface area contributed by atoms with Gasteiger partial charge in [-0.25, -0.2) is 18.3 Å². The number of benzene rings is 2. The van der Waals surface area contributed by atoms with E-state index in [2.05, 4.69) is 35.9 Å². The maximum atomic E-state index is 15.8. The van der Waals surface area contributed by atoms with Crippen LogP contribution in [0.2, 0.25) is 0 Å². The molecule has 1 aromatic heterocycles. The molecule has 1 aliphatic heterocycles. The number of aryl methyl sites for hydroxylation is 2. The molecule has 8 nitrogen and oxygen atoms in total. The predicted octanol–water partition coefficient (Wildman–Crippen LogP) is 5.63. The van der Waals surface area contributed by atoms with Gasteiger partial charge in [0, 0.05) is 62.7 Å². The summed E-state index contributed by atoms with van der Waals surface area (Å²) < 4.78 is 32.7. The van der Waals surface area contributed by atoms with Crippen molar-refractivity contribution in [2.75, 3.05) is 25.0 Å². The number of aromatic nitrogens is 2. The Bertz CT molecular complexity index is 1420. The van der Waals surface area contributed by atoms with E-state index in [-0.39, 0.29) is 11.3 Å². The van der Waals surface area contributed by atoms with E-state index < -0.39 is 17.7 Å². The number of hydrazone groups is 1. The Balaban J connectivity index is 1.88. The average molecular weight is 550 g/mol. The van der Waals surface area contributed by atoms with Gasteiger partial charge in [0.1, 0.15) is 11.6 Å². The average Bonchev–Trinajstić information content (AvgIpc) is 3.30. The van der Waals surface area contributed by atoms with Crippen molar-refractivity contribution in [1.82, 2.24) is 19.7 Å². The highest BCUT2D eigenvalue weighted by molar-refractivity contribution is 5.88. The van der Waals surface area contributed by atoms with Crippen LogP contribution in [0.3, 0.4) is 0 Å². The number of rotatable bonds is 10. The third-order valence-electron chi connectivity index (χ3n) is 7.21. The molecule has 0 atom stereocenters. The van der Waals surface area contributed by atoms with Gasteiger partial charge in [0.25, 0.3) is 0 Å². The lowest BCUT2D eigenvalue weighted by atomic mass is 9.98. The molecule has 0 unspecified atom stereocenters. The fourth-order valence-electron chi connectivity index (χ4n) is 5.33. The smallest absolute Gasteiger partial charge is 0.316 e. The van der Waals surface area contributed by atoms with Gasteiger partial charge in [0.15, 0.2) is 0 Å². The Morgan fingerprint density at radius 1 is 1.20 bits per heavy atom. The molecule has 40 heavy (non-hydrogen) atoms. The summed E-state index contributed by atoms with van der Waals surface area (Å²) in [6.07, 6.45) is 4.15. The Hall–Kier alpha value is -4.05.